The van der Waals surface area contributed by atoms with Crippen molar-refractivity contribution in [2.24, 2.45) is 5.73 Å². The van der Waals surface area contributed by atoms with Crippen molar-refractivity contribution < 1.29 is 9.47 Å². The Balaban J connectivity index is 2.80. The Hall–Kier alpha value is -1.52. The second-order valence-corrected chi connectivity index (χ2v) is 4.69. The highest BCUT2D eigenvalue weighted by molar-refractivity contribution is 6.33. The molecule has 102 valence electrons. The van der Waals surface area contributed by atoms with Crippen molar-refractivity contribution in [1.82, 2.24) is 4.98 Å². The topological polar surface area (TPSA) is 57.4 Å². The maximum Gasteiger partial charge on any atom is 0.147 e. The Labute approximate surface area is 117 Å². The van der Waals surface area contributed by atoms with Crippen LogP contribution in [0.1, 0.15) is 11.3 Å². The Morgan fingerprint density at radius 3 is 2.58 bits per heavy atom. The van der Waals surface area contributed by atoms with Gasteiger partial charge in [-0.3, -0.25) is 0 Å². The molecule has 1 aromatic heterocycles. The van der Waals surface area contributed by atoms with E-state index in [2.05, 4.69) is 4.98 Å². The number of hydrogen-bond donors (Lipinski definition) is 1. The van der Waals surface area contributed by atoms with Crippen LogP contribution in [0, 0.1) is 6.92 Å². The van der Waals surface area contributed by atoms with E-state index in [1.54, 1.807) is 20.3 Å². The molecule has 1 aromatic carbocycles. The predicted octanol–water partition coefficient (Wildman–Crippen LogP) is 2.72. The van der Waals surface area contributed by atoms with Crippen molar-refractivity contribution in [3.63, 3.8) is 0 Å². The predicted molar refractivity (Wildman–Crippen MR) is 77.4 cm³/mol. The number of rotatable bonds is 4. The lowest BCUT2D eigenvalue weighted by molar-refractivity contribution is 0.410. The van der Waals surface area contributed by atoms with Crippen molar-refractivity contribution in [1.29, 1.82) is 0 Å². The van der Waals surface area contributed by atoms with Crippen LogP contribution in [-0.4, -0.2) is 25.7 Å². The third kappa shape index (κ3) is 2.46. The molecule has 0 radical (unpaired) electrons. The minimum atomic E-state index is 0.514. The highest BCUT2D eigenvalue weighted by atomic mass is 35.5. The fraction of sp³-hybridized carbons (Fsp3) is 0.357. The Morgan fingerprint density at radius 1 is 1.26 bits per heavy atom. The molecule has 5 heteroatoms. The van der Waals surface area contributed by atoms with Gasteiger partial charge in [0.25, 0.3) is 0 Å². The summed E-state index contributed by atoms with van der Waals surface area (Å²) in [6.07, 6.45) is 0.732. The van der Waals surface area contributed by atoms with E-state index in [4.69, 9.17) is 26.8 Å². The molecule has 2 aromatic rings. The summed E-state index contributed by atoms with van der Waals surface area (Å²) in [6, 6.07) is 3.73. The minimum Gasteiger partial charge on any atom is -0.494 e. The number of pyridine rings is 1. The molecule has 0 amide bonds. The third-order valence-electron chi connectivity index (χ3n) is 3.08. The lowest BCUT2D eigenvalue weighted by atomic mass is 10.1. The normalized spacial score (nSPS) is 10.8. The van der Waals surface area contributed by atoms with E-state index in [-0.39, 0.29) is 0 Å². The van der Waals surface area contributed by atoms with Gasteiger partial charge in [-0.2, -0.15) is 0 Å². The fourth-order valence-electron chi connectivity index (χ4n) is 2.14. The van der Waals surface area contributed by atoms with Crippen molar-refractivity contribution in [2.45, 2.75) is 13.3 Å². The Kier molecular flexibility index (Phi) is 4.12. The van der Waals surface area contributed by atoms with Gasteiger partial charge in [-0.05, 0) is 25.1 Å². The van der Waals surface area contributed by atoms with Crippen molar-refractivity contribution >= 4 is 22.5 Å². The second-order valence-electron chi connectivity index (χ2n) is 4.28. The maximum atomic E-state index is 6.19. The van der Waals surface area contributed by atoms with Crippen LogP contribution in [0.5, 0.6) is 11.5 Å². The molecular formula is C14H17ClN2O2. The van der Waals surface area contributed by atoms with Crippen LogP contribution in [0.2, 0.25) is 5.02 Å². The molecule has 0 spiro atoms. The van der Waals surface area contributed by atoms with Gasteiger partial charge in [-0.25, -0.2) is 4.98 Å². The zero-order chi connectivity index (χ0) is 14.0. The first kappa shape index (κ1) is 13.9. The van der Waals surface area contributed by atoms with Gasteiger partial charge in [0.2, 0.25) is 0 Å². The summed E-state index contributed by atoms with van der Waals surface area (Å²) in [4.78, 5) is 4.64. The molecule has 0 saturated carbocycles. The smallest absolute Gasteiger partial charge is 0.147 e. The second kappa shape index (κ2) is 5.63. The SMILES string of the molecule is COc1c(Cl)cc(OC)c2nc(CCN)c(C)cc12. The molecule has 1 heterocycles. The van der Waals surface area contributed by atoms with Gasteiger partial charge in [-0.15, -0.1) is 0 Å². The molecule has 0 unspecified atom stereocenters. The number of benzene rings is 1. The number of aromatic nitrogens is 1. The average Bonchev–Trinajstić information content (AvgIpc) is 2.39. The Morgan fingerprint density at radius 2 is 2.00 bits per heavy atom. The summed E-state index contributed by atoms with van der Waals surface area (Å²) >= 11 is 6.19. The fourth-order valence-corrected chi connectivity index (χ4v) is 2.42. The van der Waals surface area contributed by atoms with Gasteiger partial charge < -0.3 is 15.2 Å². The molecular weight excluding hydrogens is 264 g/mol. The van der Waals surface area contributed by atoms with E-state index in [1.807, 2.05) is 13.0 Å². The molecule has 2 N–H and O–H groups in total. The maximum absolute atomic E-state index is 6.19. The highest BCUT2D eigenvalue weighted by Crippen LogP contribution is 2.39. The van der Waals surface area contributed by atoms with Gasteiger partial charge in [0.1, 0.15) is 17.0 Å². The molecule has 2 rings (SSSR count). The number of ether oxygens (including phenoxy) is 2. The number of fused-ring (bicyclic) bond motifs is 1. The highest BCUT2D eigenvalue weighted by Gasteiger charge is 2.15. The monoisotopic (exact) mass is 280 g/mol. The molecule has 0 aliphatic heterocycles. The molecule has 0 bridgehead atoms. The molecule has 0 fully saturated rings. The van der Waals surface area contributed by atoms with Crippen LogP contribution in [0.3, 0.4) is 0 Å². The zero-order valence-electron chi connectivity index (χ0n) is 11.3. The lowest BCUT2D eigenvalue weighted by Gasteiger charge is -2.13. The van der Waals surface area contributed by atoms with Crippen LogP contribution in [0.15, 0.2) is 12.1 Å². The van der Waals surface area contributed by atoms with E-state index >= 15 is 0 Å². The zero-order valence-corrected chi connectivity index (χ0v) is 12.0. The van der Waals surface area contributed by atoms with E-state index in [0.717, 1.165) is 28.6 Å². The van der Waals surface area contributed by atoms with Crippen molar-refractivity contribution in [2.75, 3.05) is 20.8 Å². The van der Waals surface area contributed by atoms with Gasteiger partial charge >= 0.3 is 0 Å². The number of aryl methyl sites for hydroxylation is 1. The summed E-state index contributed by atoms with van der Waals surface area (Å²) < 4.78 is 10.7. The quantitative estimate of drug-likeness (QED) is 0.935. The number of methoxy groups -OCH3 is 2. The van der Waals surface area contributed by atoms with Crippen molar-refractivity contribution in [3.8, 4) is 11.5 Å². The summed E-state index contributed by atoms with van der Waals surface area (Å²) in [5, 5.41) is 1.37. The molecule has 4 nitrogen and oxygen atoms in total. The van der Waals surface area contributed by atoms with Crippen LogP contribution >= 0.6 is 11.6 Å². The first-order chi connectivity index (χ1) is 9.12. The van der Waals surface area contributed by atoms with Crippen LogP contribution in [0.25, 0.3) is 10.9 Å². The number of nitrogens with two attached hydrogens (primary N) is 1. The van der Waals surface area contributed by atoms with Gasteiger partial charge in [0.15, 0.2) is 0 Å². The van der Waals surface area contributed by atoms with E-state index < -0.39 is 0 Å². The average molecular weight is 281 g/mol. The molecule has 0 atom stereocenters. The van der Waals surface area contributed by atoms with E-state index in [9.17, 15) is 0 Å². The number of hydrogen-bond acceptors (Lipinski definition) is 4. The first-order valence-electron chi connectivity index (χ1n) is 6.03. The summed E-state index contributed by atoms with van der Waals surface area (Å²) in [5.74, 6) is 1.26. The van der Waals surface area contributed by atoms with Crippen LogP contribution < -0.4 is 15.2 Å². The van der Waals surface area contributed by atoms with E-state index in [0.29, 0.717) is 23.1 Å². The standard InChI is InChI=1S/C14H17ClN2O2/c1-8-6-9-13(17-11(8)4-5-16)12(18-2)7-10(15)14(9)19-3/h6-7H,4-5,16H2,1-3H3. The van der Waals surface area contributed by atoms with Crippen molar-refractivity contribution in [3.05, 3.63) is 28.4 Å². The van der Waals surface area contributed by atoms with Crippen LogP contribution in [-0.2, 0) is 6.42 Å². The number of halogens is 1. The summed E-state index contributed by atoms with van der Waals surface area (Å²) in [6.45, 7) is 2.57. The molecule has 0 aliphatic carbocycles. The molecule has 0 aliphatic rings. The van der Waals surface area contributed by atoms with Gasteiger partial charge in [0.05, 0.1) is 19.2 Å². The summed E-state index contributed by atoms with van der Waals surface area (Å²) in [5.41, 5.74) is 8.40. The largest absolute Gasteiger partial charge is 0.494 e. The van der Waals surface area contributed by atoms with E-state index in [1.165, 1.54) is 0 Å². The number of nitrogens with zero attached hydrogens (tertiary/aromatic N) is 1. The molecule has 19 heavy (non-hydrogen) atoms. The molecule has 0 saturated heterocycles. The summed E-state index contributed by atoms with van der Waals surface area (Å²) in [7, 11) is 3.19. The first-order valence-corrected chi connectivity index (χ1v) is 6.41. The minimum absolute atomic E-state index is 0.514. The third-order valence-corrected chi connectivity index (χ3v) is 3.36. The van der Waals surface area contributed by atoms with Gasteiger partial charge in [-0.1, -0.05) is 11.6 Å². The Bertz CT molecular complexity index is 614. The lowest BCUT2D eigenvalue weighted by Crippen LogP contribution is -2.07. The van der Waals surface area contributed by atoms with Gasteiger partial charge in [0, 0.05) is 23.6 Å². The van der Waals surface area contributed by atoms with Crippen LogP contribution in [0.4, 0.5) is 0 Å².